The Balaban J connectivity index is 1.61. The van der Waals surface area contributed by atoms with Crippen LogP contribution in [0.25, 0.3) is 0 Å². The zero-order valence-electron chi connectivity index (χ0n) is 16.6. The van der Waals surface area contributed by atoms with Crippen molar-refractivity contribution in [1.82, 2.24) is 15.1 Å². The van der Waals surface area contributed by atoms with Crippen molar-refractivity contribution in [3.63, 3.8) is 0 Å². The fourth-order valence-electron chi connectivity index (χ4n) is 4.55. The number of aliphatic imine (C=N–C) groups is 1. The zero-order valence-corrected chi connectivity index (χ0v) is 16.6. The third-order valence-corrected chi connectivity index (χ3v) is 6.28. The molecule has 6 heteroatoms. The number of guanidine groups is 1. The molecule has 0 bridgehead atoms. The number of carbonyl (C=O) groups excluding carboxylic acids is 1. The Morgan fingerprint density at radius 2 is 2.00 bits per heavy atom. The van der Waals surface area contributed by atoms with Crippen LogP contribution in [0.2, 0.25) is 0 Å². The smallest absolute Gasteiger partial charge is 0.243 e. The van der Waals surface area contributed by atoms with Crippen LogP contribution in [0.1, 0.15) is 57.8 Å². The second-order valence-electron chi connectivity index (χ2n) is 8.53. The third kappa shape index (κ3) is 5.12. The van der Waals surface area contributed by atoms with E-state index in [0.29, 0.717) is 5.41 Å². The topological polar surface area (TPSA) is 57.2 Å². The van der Waals surface area contributed by atoms with Gasteiger partial charge in [-0.05, 0) is 43.9 Å². The Hall–Kier alpha value is -1.30. The fraction of sp³-hybridized carbons (Fsp3) is 0.900. The Kier molecular flexibility index (Phi) is 6.79. The number of nitrogens with zero attached hydrogens (tertiary/aromatic N) is 3. The maximum absolute atomic E-state index is 12.0. The van der Waals surface area contributed by atoms with Crippen molar-refractivity contribution in [2.75, 3.05) is 46.9 Å². The molecule has 0 aromatic rings. The van der Waals surface area contributed by atoms with Gasteiger partial charge in [-0.2, -0.15) is 0 Å². The predicted octanol–water partition coefficient (Wildman–Crippen LogP) is 2.25. The molecule has 0 radical (unpaired) electrons. The summed E-state index contributed by atoms with van der Waals surface area (Å²) < 4.78 is 5.85. The lowest BCUT2D eigenvalue weighted by atomic mass is 9.73. The highest BCUT2D eigenvalue weighted by atomic mass is 16.5. The number of hydrogen-bond donors (Lipinski definition) is 1. The van der Waals surface area contributed by atoms with E-state index in [4.69, 9.17) is 4.74 Å². The van der Waals surface area contributed by atoms with E-state index < -0.39 is 0 Å². The van der Waals surface area contributed by atoms with Crippen LogP contribution in [0.3, 0.4) is 0 Å². The van der Waals surface area contributed by atoms with Gasteiger partial charge in [0.25, 0.3) is 0 Å². The maximum atomic E-state index is 12.0. The van der Waals surface area contributed by atoms with Gasteiger partial charge in [-0.25, -0.2) is 4.99 Å². The lowest BCUT2D eigenvalue weighted by Gasteiger charge is -2.34. The van der Waals surface area contributed by atoms with Crippen molar-refractivity contribution in [2.24, 2.45) is 10.4 Å². The minimum Gasteiger partial charge on any atom is -0.376 e. The van der Waals surface area contributed by atoms with E-state index in [2.05, 4.69) is 15.2 Å². The molecule has 2 heterocycles. The largest absolute Gasteiger partial charge is 0.376 e. The van der Waals surface area contributed by atoms with E-state index in [1.54, 1.807) is 19.0 Å². The highest BCUT2D eigenvalue weighted by Gasteiger charge is 2.40. The molecule has 2 saturated heterocycles. The van der Waals surface area contributed by atoms with E-state index in [1.807, 2.05) is 0 Å². The lowest BCUT2D eigenvalue weighted by Crippen LogP contribution is -2.45. The van der Waals surface area contributed by atoms with Crippen molar-refractivity contribution in [2.45, 2.75) is 63.9 Å². The lowest BCUT2D eigenvalue weighted by molar-refractivity contribution is -0.127. The van der Waals surface area contributed by atoms with Crippen LogP contribution in [0, 0.1) is 5.41 Å². The predicted molar refractivity (Wildman–Crippen MR) is 104 cm³/mol. The first-order valence-electron chi connectivity index (χ1n) is 10.4. The third-order valence-electron chi connectivity index (χ3n) is 6.28. The summed E-state index contributed by atoms with van der Waals surface area (Å²) >= 11 is 0. The second kappa shape index (κ2) is 9.07. The van der Waals surface area contributed by atoms with Crippen LogP contribution in [0.5, 0.6) is 0 Å². The molecule has 3 rings (SSSR count). The van der Waals surface area contributed by atoms with Crippen LogP contribution in [-0.4, -0.2) is 74.7 Å². The number of likely N-dealkylation sites (tertiary alicyclic amines) is 1. The minimum atomic E-state index is 0.0461. The quantitative estimate of drug-likeness (QED) is 0.614. The summed E-state index contributed by atoms with van der Waals surface area (Å²) in [5.41, 5.74) is 0.480. The molecule has 1 saturated carbocycles. The van der Waals surface area contributed by atoms with Crippen molar-refractivity contribution in [3.05, 3.63) is 0 Å². The molecular formula is C20H36N4O2. The maximum Gasteiger partial charge on any atom is 0.243 e. The molecule has 6 nitrogen and oxygen atoms in total. The van der Waals surface area contributed by atoms with Gasteiger partial charge < -0.3 is 19.9 Å². The summed E-state index contributed by atoms with van der Waals surface area (Å²) in [6, 6.07) is 0. The van der Waals surface area contributed by atoms with Gasteiger partial charge in [0.15, 0.2) is 5.96 Å². The molecule has 3 fully saturated rings. The van der Waals surface area contributed by atoms with Gasteiger partial charge in [-0.1, -0.05) is 19.3 Å². The Labute approximate surface area is 158 Å². The van der Waals surface area contributed by atoms with Gasteiger partial charge in [0.2, 0.25) is 5.91 Å². The first-order valence-corrected chi connectivity index (χ1v) is 10.4. The zero-order chi connectivity index (χ0) is 18.4. The highest BCUT2D eigenvalue weighted by molar-refractivity contribution is 5.85. The van der Waals surface area contributed by atoms with Crippen molar-refractivity contribution >= 4 is 11.9 Å². The summed E-state index contributed by atoms with van der Waals surface area (Å²) in [6.45, 7) is 4.00. The highest BCUT2D eigenvalue weighted by Crippen LogP contribution is 2.43. The number of nitrogens with one attached hydrogen (secondary N) is 1. The van der Waals surface area contributed by atoms with Crippen LogP contribution in [0.15, 0.2) is 4.99 Å². The molecule has 1 unspecified atom stereocenters. The normalized spacial score (nSPS) is 26.2. The van der Waals surface area contributed by atoms with Gasteiger partial charge in [0.1, 0.15) is 6.54 Å². The molecule has 1 atom stereocenters. The molecule has 0 aromatic carbocycles. The van der Waals surface area contributed by atoms with Gasteiger partial charge in [-0.3, -0.25) is 4.79 Å². The monoisotopic (exact) mass is 364 g/mol. The fourth-order valence-corrected chi connectivity index (χ4v) is 4.55. The average Bonchev–Trinajstić information content (AvgIpc) is 3.06. The number of likely N-dealkylation sites (N-methyl/N-ethyl adjacent to an activating group) is 1. The summed E-state index contributed by atoms with van der Waals surface area (Å²) in [7, 11) is 3.57. The van der Waals surface area contributed by atoms with Crippen LogP contribution in [0.4, 0.5) is 0 Å². The van der Waals surface area contributed by atoms with Crippen molar-refractivity contribution in [1.29, 1.82) is 0 Å². The standard InChI is InChI=1S/C20H36N4O2/c1-23(2)18(25)15-22-19(21-14-17-8-4-7-13-26-17)24-12-11-20(16-24)9-5-3-6-10-20/h17H,3-16H2,1-2H3,(H,21,22). The Morgan fingerprint density at radius 1 is 1.19 bits per heavy atom. The Morgan fingerprint density at radius 3 is 2.69 bits per heavy atom. The summed E-state index contributed by atoms with van der Waals surface area (Å²) in [6.07, 6.45) is 11.9. The molecule has 26 heavy (non-hydrogen) atoms. The number of amides is 1. The first kappa shape index (κ1) is 19.5. The van der Waals surface area contributed by atoms with Crippen LogP contribution in [-0.2, 0) is 9.53 Å². The molecule has 1 N–H and O–H groups in total. The molecule has 1 aliphatic carbocycles. The van der Waals surface area contributed by atoms with E-state index in [0.717, 1.165) is 38.6 Å². The summed E-state index contributed by atoms with van der Waals surface area (Å²) in [5, 5.41) is 3.53. The molecule has 148 valence electrons. The number of rotatable bonds is 4. The van der Waals surface area contributed by atoms with E-state index >= 15 is 0 Å². The van der Waals surface area contributed by atoms with Gasteiger partial charge in [0, 0.05) is 40.3 Å². The van der Waals surface area contributed by atoms with Gasteiger partial charge >= 0.3 is 0 Å². The van der Waals surface area contributed by atoms with Gasteiger partial charge in [0.05, 0.1) is 6.10 Å². The number of ether oxygens (including phenoxy) is 1. The average molecular weight is 365 g/mol. The first-order chi connectivity index (χ1) is 12.6. The van der Waals surface area contributed by atoms with E-state index in [1.165, 1.54) is 51.4 Å². The summed E-state index contributed by atoms with van der Waals surface area (Å²) in [5.74, 6) is 0.946. The van der Waals surface area contributed by atoms with Crippen molar-refractivity contribution < 1.29 is 9.53 Å². The van der Waals surface area contributed by atoms with Gasteiger partial charge in [-0.15, -0.1) is 0 Å². The summed E-state index contributed by atoms with van der Waals surface area (Å²) in [4.78, 5) is 20.7. The SMILES string of the molecule is CN(C)C(=O)CN=C(NCC1CCCCO1)N1CCC2(CCCCC2)C1. The second-order valence-corrected chi connectivity index (χ2v) is 8.53. The number of hydrogen-bond acceptors (Lipinski definition) is 3. The molecular weight excluding hydrogens is 328 g/mol. The molecule has 1 spiro atoms. The Bertz CT molecular complexity index is 494. The van der Waals surface area contributed by atoms with E-state index in [-0.39, 0.29) is 18.6 Å². The molecule has 0 aromatic heterocycles. The number of carbonyl (C=O) groups is 1. The molecule has 3 aliphatic rings. The van der Waals surface area contributed by atoms with Crippen LogP contribution >= 0.6 is 0 Å². The minimum absolute atomic E-state index is 0.0461. The van der Waals surface area contributed by atoms with Crippen LogP contribution < -0.4 is 5.32 Å². The van der Waals surface area contributed by atoms with Crippen molar-refractivity contribution in [3.8, 4) is 0 Å². The van der Waals surface area contributed by atoms with E-state index in [9.17, 15) is 4.79 Å². The molecule has 1 amide bonds. The molecule has 2 aliphatic heterocycles.